The summed E-state index contributed by atoms with van der Waals surface area (Å²) in [5, 5.41) is 10.3. The Bertz CT molecular complexity index is 861. The van der Waals surface area contributed by atoms with Gasteiger partial charge in [-0.25, -0.2) is 0 Å². The van der Waals surface area contributed by atoms with Gasteiger partial charge in [-0.2, -0.15) is 5.10 Å². The van der Waals surface area contributed by atoms with Crippen LogP contribution in [0.4, 0.5) is 11.4 Å². The number of carbonyl (C=O) groups excluding carboxylic acids is 1. The van der Waals surface area contributed by atoms with E-state index in [1.54, 1.807) is 16.9 Å². The van der Waals surface area contributed by atoms with Gasteiger partial charge in [-0.15, -0.1) is 0 Å². The zero-order valence-corrected chi connectivity index (χ0v) is 14.8. The molecule has 1 heterocycles. The molecule has 6 nitrogen and oxygen atoms in total. The zero-order valence-electron chi connectivity index (χ0n) is 14.8. The van der Waals surface area contributed by atoms with Gasteiger partial charge in [-0.1, -0.05) is 24.3 Å². The third-order valence-electron chi connectivity index (χ3n) is 3.75. The lowest BCUT2D eigenvalue weighted by Crippen LogP contribution is -2.33. The Hall–Kier alpha value is -3.28. The van der Waals surface area contributed by atoms with Crippen molar-refractivity contribution in [3.8, 4) is 5.75 Å². The van der Waals surface area contributed by atoms with Gasteiger partial charge < -0.3 is 15.4 Å². The lowest BCUT2D eigenvalue weighted by Gasteiger charge is -2.15. The van der Waals surface area contributed by atoms with Gasteiger partial charge in [0.1, 0.15) is 11.9 Å². The minimum absolute atomic E-state index is 0.127. The van der Waals surface area contributed by atoms with Crippen LogP contribution in [0.15, 0.2) is 67.0 Å². The highest BCUT2D eigenvalue weighted by Gasteiger charge is 2.10. The average Bonchev–Trinajstić information content (AvgIpc) is 3.05. The molecule has 0 aliphatic rings. The van der Waals surface area contributed by atoms with E-state index in [2.05, 4.69) is 15.7 Å². The van der Waals surface area contributed by atoms with E-state index in [-0.39, 0.29) is 12.0 Å². The first-order valence-electron chi connectivity index (χ1n) is 8.46. The van der Waals surface area contributed by atoms with Crippen LogP contribution in [-0.4, -0.2) is 28.3 Å². The number of nitrogens with one attached hydrogen (secondary N) is 2. The van der Waals surface area contributed by atoms with Crippen LogP contribution < -0.4 is 15.4 Å². The second-order valence-electron chi connectivity index (χ2n) is 6.06. The van der Waals surface area contributed by atoms with Crippen LogP contribution >= 0.6 is 0 Å². The highest BCUT2D eigenvalue weighted by Crippen LogP contribution is 2.17. The zero-order chi connectivity index (χ0) is 18.4. The first-order valence-corrected chi connectivity index (χ1v) is 8.46. The number of benzene rings is 2. The maximum absolute atomic E-state index is 12.4. The molecule has 0 fully saturated rings. The van der Waals surface area contributed by atoms with E-state index in [4.69, 9.17) is 4.74 Å². The second-order valence-corrected chi connectivity index (χ2v) is 6.06. The fraction of sp³-hybridized carbons (Fsp3) is 0.200. The third-order valence-corrected chi connectivity index (χ3v) is 3.75. The molecule has 2 N–H and O–H groups in total. The van der Waals surface area contributed by atoms with Crippen molar-refractivity contribution < 1.29 is 9.53 Å². The van der Waals surface area contributed by atoms with Gasteiger partial charge in [0, 0.05) is 24.5 Å². The molecule has 3 aromatic rings. The summed E-state index contributed by atoms with van der Waals surface area (Å²) in [6.07, 6.45) is 3.48. The molecule has 0 aliphatic heterocycles. The Labute approximate surface area is 152 Å². The summed E-state index contributed by atoms with van der Waals surface area (Å²) in [4.78, 5) is 12.4. The number of carbonyl (C=O) groups is 1. The lowest BCUT2D eigenvalue weighted by atomic mass is 10.2. The van der Waals surface area contributed by atoms with Crippen molar-refractivity contribution in [2.45, 2.75) is 13.0 Å². The van der Waals surface area contributed by atoms with E-state index in [0.717, 1.165) is 17.1 Å². The van der Waals surface area contributed by atoms with Crippen LogP contribution in [0.5, 0.6) is 5.75 Å². The number of hydrogen-bond acceptors (Lipinski definition) is 4. The van der Waals surface area contributed by atoms with Crippen molar-refractivity contribution >= 4 is 17.3 Å². The fourth-order valence-corrected chi connectivity index (χ4v) is 2.50. The van der Waals surface area contributed by atoms with E-state index in [1.807, 2.05) is 68.7 Å². The molecular formula is C20H22N4O2. The summed E-state index contributed by atoms with van der Waals surface area (Å²) in [5.41, 5.74) is 2.29. The summed E-state index contributed by atoms with van der Waals surface area (Å²) in [6.45, 7) is 2.35. The molecule has 0 unspecified atom stereocenters. The van der Waals surface area contributed by atoms with E-state index in [1.165, 1.54) is 0 Å². The largest absolute Gasteiger partial charge is 0.489 e. The first kappa shape index (κ1) is 17.5. The number of aryl methyl sites for hydroxylation is 1. The molecule has 1 amide bonds. The molecular weight excluding hydrogens is 328 g/mol. The highest BCUT2D eigenvalue weighted by molar-refractivity contribution is 5.95. The van der Waals surface area contributed by atoms with Crippen molar-refractivity contribution in [3.63, 3.8) is 0 Å². The minimum atomic E-state index is -0.136. The molecule has 0 radical (unpaired) electrons. The number of nitrogens with zero attached hydrogens (tertiary/aromatic N) is 2. The molecule has 6 heteroatoms. The number of anilines is 2. The second kappa shape index (κ2) is 8.20. The standard InChI is InChI=1S/C20H22N4O2/c1-15(26-19-9-4-3-5-10-19)12-21-20(25)16-7-6-8-17(11-16)23-18-13-22-24(2)14-18/h3-11,13-15,23H,12H2,1-2H3,(H,21,25)/t15-/m0/s1. The van der Waals surface area contributed by atoms with Gasteiger partial charge in [0.2, 0.25) is 0 Å². The SMILES string of the molecule is C[C@@H](CNC(=O)c1cccc(Nc2cnn(C)c2)c1)Oc1ccccc1. The molecule has 26 heavy (non-hydrogen) atoms. The summed E-state index contributed by atoms with van der Waals surface area (Å²) in [6, 6.07) is 16.9. The van der Waals surface area contributed by atoms with Crippen LogP contribution in [0.25, 0.3) is 0 Å². The topological polar surface area (TPSA) is 68.2 Å². The molecule has 0 saturated heterocycles. The highest BCUT2D eigenvalue weighted by atomic mass is 16.5. The van der Waals surface area contributed by atoms with Gasteiger partial charge >= 0.3 is 0 Å². The van der Waals surface area contributed by atoms with Crippen molar-refractivity contribution in [1.82, 2.24) is 15.1 Å². The summed E-state index contributed by atoms with van der Waals surface area (Å²) >= 11 is 0. The summed E-state index contributed by atoms with van der Waals surface area (Å²) in [7, 11) is 1.85. The predicted molar refractivity (Wildman–Crippen MR) is 102 cm³/mol. The molecule has 1 aromatic heterocycles. The maximum atomic E-state index is 12.4. The average molecular weight is 350 g/mol. The lowest BCUT2D eigenvalue weighted by molar-refractivity contribution is 0.0932. The van der Waals surface area contributed by atoms with Crippen LogP contribution in [0.3, 0.4) is 0 Å². The fourth-order valence-electron chi connectivity index (χ4n) is 2.50. The molecule has 2 aromatic carbocycles. The van der Waals surface area contributed by atoms with Crippen LogP contribution in [0, 0.1) is 0 Å². The first-order chi connectivity index (χ1) is 12.6. The Kier molecular flexibility index (Phi) is 5.53. The summed E-state index contributed by atoms with van der Waals surface area (Å²) in [5.74, 6) is 0.653. The van der Waals surface area contributed by atoms with Gasteiger partial charge in [0.25, 0.3) is 5.91 Å². The number of para-hydroxylation sites is 1. The van der Waals surface area contributed by atoms with Crippen molar-refractivity contribution in [2.24, 2.45) is 7.05 Å². The van der Waals surface area contributed by atoms with Crippen molar-refractivity contribution in [3.05, 3.63) is 72.6 Å². The number of ether oxygens (including phenoxy) is 1. The molecule has 0 aliphatic carbocycles. The molecule has 3 rings (SSSR count). The van der Waals surface area contributed by atoms with E-state index in [9.17, 15) is 4.79 Å². The van der Waals surface area contributed by atoms with Gasteiger partial charge in [-0.05, 0) is 37.3 Å². The number of rotatable bonds is 7. The van der Waals surface area contributed by atoms with Crippen LogP contribution in [0.1, 0.15) is 17.3 Å². The molecule has 0 saturated carbocycles. The van der Waals surface area contributed by atoms with E-state index < -0.39 is 0 Å². The number of hydrogen-bond donors (Lipinski definition) is 2. The normalized spacial score (nSPS) is 11.6. The molecule has 134 valence electrons. The van der Waals surface area contributed by atoms with Crippen molar-refractivity contribution in [1.29, 1.82) is 0 Å². The van der Waals surface area contributed by atoms with E-state index >= 15 is 0 Å². The van der Waals surface area contributed by atoms with Crippen LogP contribution in [0.2, 0.25) is 0 Å². The monoisotopic (exact) mass is 350 g/mol. The Balaban J connectivity index is 1.55. The Morgan fingerprint density at radius 1 is 1.15 bits per heavy atom. The quantitative estimate of drug-likeness (QED) is 0.686. The number of aromatic nitrogens is 2. The predicted octanol–water partition coefficient (Wildman–Crippen LogP) is 3.36. The summed E-state index contributed by atoms with van der Waals surface area (Å²) < 4.78 is 7.48. The van der Waals surface area contributed by atoms with Crippen molar-refractivity contribution in [2.75, 3.05) is 11.9 Å². The Morgan fingerprint density at radius 2 is 1.96 bits per heavy atom. The third kappa shape index (κ3) is 4.86. The smallest absolute Gasteiger partial charge is 0.251 e. The van der Waals surface area contributed by atoms with Gasteiger partial charge in [0.15, 0.2) is 0 Å². The Morgan fingerprint density at radius 3 is 2.69 bits per heavy atom. The molecule has 0 bridgehead atoms. The van der Waals surface area contributed by atoms with Gasteiger partial charge in [-0.3, -0.25) is 9.48 Å². The van der Waals surface area contributed by atoms with Gasteiger partial charge in [0.05, 0.1) is 18.4 Å². The molecule has 1 atom stereocenters. The number of amides is 1. The van der Waals surface area contributed by atoms with Crippen LogP contribution in [-0.2, 0) is 7.05 Å². The maximum Gasteiger partial charge on any atom is 0.251 e. The molecule has 0 spiro atoms. The minimum Gasteiger partial charge on any atom is -0.489 e. The van der Waals surface area contributed by atoms with E-state index in [0.29, 0.717) is 12.1 Å².